The molecule has 0 aliphatic carbocycles. The smallest absolute Gasteiger partial charge is 0.407 e. The molecule has 4 atom stereocenters. The molecule has 4 aromatic rings. The van der Waals surface area contributed by atoms with Gasteiger partial charge >= 0.3 is 6.09 Å². The van der Waals surface area contributed by atoms with Gasteiger partial charge in [0.1, 0.15) is 23.5 Å². The number of aromatic nitrogens is 6. The normalized spacial score (nSPS) is 18.8. The minimum absolute atomic E-state index is 0.0831. The number of hydrogen-bond donors (Lipinski definition) is 3. The van der Waals surface area contributed by atoms with Crippen LogP contribution in [0.3, 0.4) is 0 Å². The average molecular weight is 700 g/mol. The summed E-state index contributed by atoms with van der Waals surface area (Å²) >= 11 is 0. The zero-order chi connectivity index (χ0) is 36.4. The third-order valence-electron chi connectivity index (χ3n) is 10.2. The number of hydrogen-bond acceptors (Lipinski definition) is 8. The number of halogens is 1. The number of H-pyrrole nitrogens is 2. The number of likely N-dealkylation sites (tertiary alicyclic amines) is 2. The van der Waals surface area contributed by atoms with E-state index in [1.807, 2.05) is 39.5 Å². The van der Waals surface area contributed by atoms with Gasteiger partial charge in [0.2, 0.25) is 11.8 Å². The fourth-order valence-electron chi connectivity index (χ4n) is 6.84. The van der Waals surface area contributed by atoms with E-state index in [9.17, 15) is 14.4 Å². The number of amides is 3. The molecule has 14 heteroatoms. The van der Waals surface area contributed by atoms with Crippen LogP contribution < -0.4 is 5.32 Å². The first-order chi connectivity index (χ1) is 24.5. The van der Waals surface area contributed by atoms with Crippen molar-refractivity contribution in [2.24, 2.45) is 17.8 Å². The molecule has 0 saturated carbocycles. The molecule has 3 amide bonds. The van der Waals surface area contributed by atoms with Crippen LogP contribution in [0.25, 0.3) is 33.9 Å². The number of methoxy groups -OCH3 is 1. The van der Waals surface area contributed by atoms with Crippen molar-refractivity contribution in [3.05, 3.63) is 60.5 Å². The molecule has 2 saturated heterocycles. The van der Waals surface area contributed by atoms with Crippen LogP contribution >= 0.6 is 0 Å². The molecule has 2 aliphatic rings. The first-order valence-electron chi connectivity index (χ1n) is 17.6. The monoisotopic (exact) mass is 699 g/mol. The quantitative estimate of drug-likeness (QED) is 0.180. The Kier molecular flexibility index (Phi) is 10.5. The standard InChI is InChI=1S/C37H46FN9O4/c1-20(2)22(5)35(48)46-13-7-9-29(46)34-42-19-28(44-34)25-12-11-23(15-26(25)38)32-39-16-24(17-40-32)27-18-41-33(43-27)30-10-8-14-47(30)36(49)31(21(3)4)45-37(50)51-6/h11-12,15-22,29-31H,7-10,13-14H2,1-6H3,(H,41,43)(H,42,44)(H,45,50)/t22-,29-,30?,31-/m0/s1. The van der Waals surface area contributed by atoms with Crippen LogP contribution in [0.1, 0.15) is 84.0 Å². The molecule has 13 nitrogen and oxygen atoms in total. The molecule has 51 heavy (non-hydrogen) atoms. The Morgan fingerprint density at radius 2 is 1.39 bits per heavy atom. The van der Waals surface area contributed by atoms with Gasteiger partial charge in [-0.3, -0.25) is 9.59 Å². The SMILES string of the molecule is COC(=O)N[C@H](C(=O)N1CCCC1c1ncc(-c2cnc(-c3ccc(-c4cnc([C@@H]5CCCN5C(=O)[C@@H](C)C(C)C)[nH]4)c(F)c3)nc2)[nH]1)C(C)C. The van der Waals surface area contributed by atoms with Crippen LogP contribution in [0.15, 0.2) is 43.0 Å². The minimum Gasteiger partial charge on any atom is -0.453 e. The van der Waals surface area contributed by atoms with Crippen molar-refractivity contribution in [2.75, 3.05) is 20.2 Å². The first-order valence-corrected chi connectivity index (χ1v) is 17.6. The summed E-state index contributed by atoms with van der Waals surface area (Å²) in [5.41, 5.74) is 2.79. The molecule has 2 fully saturated rings. The third kappa shape index (κ3) is 7.35. The van der Waals surface area contributed by atoms with Gasteiger partial charge < -0.3 is 29.8 Å². The van der Waals surface area contributed by atoms with Crippen LogP contribution in [-0.2, 0) is 14.3 Å². The van der Waals surface area contributed by atoms with E-state index in [0.29, 0.717) is 58.6 Å². The summed E-state index contributed by atoms with van der Waals surface area (Å²) in [7, 11) is 1.27. The average Bonchev–Trinajstić information content (AvgIpc) is 3.96. The van der Waals surface area contributed by atoms with Crippen molar-refractivity contribution in [3.63, 3.8) is 0 Å². The summed E-state index contributed by atoms with van der Waals surface area (Å²) in [4.78, 5) is 66.9. The number of ether oxygens (including phenoxy) is 1. The van der Waals surface area contributed by atoms with Crippen LogP contribution in [0, 0.1) is 23.6 Å². The molecule has 1 unspecified atom stereocenters. The Labute approximate surface area is 296 Å². The maximum atomic E-state index is 15.5. The summed E-state index contributed by atoms with van der Waals surface area (Å²) in [6.45, 7) is 11.1. The van der Waals surface area contributed by atoms with E-state index >= 15 is 4.39 Å². The van der Waals surface area contributed by atoms with Crippen molar-refractivity contribution in [3.8, 4) is 33.9 Å². The Balaban J connectivity index is 1.14. The van der Waals surface area contributed by atoms with Gasteiger partial charge in [0.05, 0.1) is 43.0 Å². The third-order valence-corrected chi connectivity index (χ3v) is 10.2. The maximum Gasteiger partial charge on any atom is 0.407 e. The molecular weight excluding hydrogens is 653 g/mol. The maximum absolute atomic E-state index is 15.5. The van der Waals surface area contributed by atoms with E-state index < -0.39 is 18.0 Å². The van der Waals surface area contributed by atoms with E-state index in [1.165, 1.54) is 13.2 Å². The first kappa shape index (κ1) is 35.7. The Morgan fingerprint density at radius 3 is 1.96 bits per heavy atom. The van der Waals surface area contributed by atoms with Gasteiger partial charge in [-0.25, -0.2) is 29.1 Å². The molecule has 270 valence electrons. The molecule has 0 bridgehead atoms. The summed E-state index contributed by atoms with van der Waals surface area (Å²) in [6.07, 6.45) is 9.19. The molecule has 1 aromatic carbocycles. The predicted molar refractivity (Wildman–Crippen MR) is 188 cm³/mol. The summed E-state index contributed by atoms with van der Waals surface area (Å²) in [5.74, 6) is 1.19. The molecule has 3 N–H and O–H groups in total. The van der Waals surface area contributed by atoms with Gasteiger partial charge in [-0.2, -0.15) is 0 Å². The highest BCUT2D eigenvalue weighted by atomic mass is 19.1. The number of aromatic amines is 2. The summed E-state index contributed by atoms with van der Waals surface area (Å²) in [5, 5.41) is 2.66. The van der Waals surface area contributed by atoms with Crippen molar-refractivity contribution in [2.45, 2.75) is 78.4 Å². The van der Waals surface area contributed by atoms with Crippen molar-refractivity contribution in [1.29, 1.82) is 0 Å². The minimum atomic E-state index is -0.720. The van der Waals surface area contributed by atoms with Crippen LogP contribution in [0.4, 0.5) is 9.18 Å². The van der Waals surface area contributed by atoms with Crippen molar-refractivity contribution >= 4 is 17.9 Å². The number of carbonyl (C=O) groups is 3. The van der Waals surface area contributed by atoms with Crippen molar-refractivity contribution < 1.29 is 23.5 Å². The molecule has 3 aromatic heterocycles. The summed E-state index contributed by atoms with van der Waals surface area (Å²) in [6, 6.07) is 3.70. The van der Waals surface area contributed by atoms with Gasteiger partial charge in [-0.05, 0) is 49.7 Å². The van der Waals surface area contributed by atoms with Crippen LogP contribution in [-0.4, -0.2) is 83.9 Å². The molecule has 5 heterocycles. The van der Waals surface area contributed by atoms with Gasteiger partial charge in [-0.15, -0.1) is 0 Å². The highest BCUT2D eigenvalue weighted by Crippen LogP contribution is 2.35. The highest BCUT2D eigenvalue weighted by molar-refractivity contribution is 5.86. The largest absolute Gasteiger partial charge is 0.453 e. The Morgan fingerprint density at radius 1 is 0.804 bits per heavy atom. The van der Waals surface area contributed by atoms with Gasteiger partial charge in [0.25, 0.3) is 0 Å². The van der Waals surface area contributed by atoms with Gasteiger partial charge in [0, 0.05) is 48.1 Å². The number of nitrogens with one attached hydrogen (secondary N) is 3. The fourth-order valence-corrected chi connectivity index (χ4v) is 6.84. The number of rotatable bonds is 10. The second-order valence-electron chi connectivity index (χ2n) is 14.1. The zero-order valence-corrected chi connectivity index (χ0v) is 29.9. The van der Waals surface area contributed by atoms with E-state index in [1.54, 1.807) is 41.8 Å². The second-order valence-corrected chi connectivity index (χ2v) is 14.1. The number of alkyl carbamates (subject to hydrolysis) is 1. The lowest BCUT2D eigenvalue weighted by Gasteiger charge is -2.30. The van der Waals surface area contributed by atoms with Crippen molar-refractivity contribution in [1.82, 2.24) is 45.0 Å². The highest BCUT2D eigenvalue weighted by Gasteiger charge is 2.38. The lowest BCUT2D eigenvalue weighted by molar-refractivity contribution is -0.137. The van der Waals surface area contributed by atoms with Crippen LogP contribution in [0.2, 0.25) is 0 Å². The molecule has 2 aliphatic heterocycles. The van der Waals surface area contributed by atoms with Crippen LogP contribution in [0.5, 0.6) is 0 Å². The van der Waals surface area contributed by atoms with E-state index in [0.717, 1.165) is 25.7 Å². The molecule has 0 spiro atoms. The predicted octanol–water partition coefficient (Wildman–Crippen LogP) is 6.06. The number of benzene rings is 1. The molecule has 0 radical (unpaired) electrons. The Hall–Kier alpha value is -5.14. The van der Waals surface area contributed by atoms with Gasteiger partial charge in [-0.1, -0.05) is 40.7 Å². The lowest BCUT2D eigenvalue weighted by atomic mass is 9.96. The molecule has 6 rings (SSSR count). The van der Waals surface area contributed by atoms with E-state index in [-0.39, 0.29) is 41.7 Å². The van der Waals surface area contributed by atoms with Gasteiger partial charge in [0.15, 0.2) is 5.82 Å². The lowest BCUT2D eigenvalue weighted by Crippen LogP contribution is -2.51. The second kappa shape index (κ2) is 15.0. The fraction of sp³-hybridized carbons (Fsp3) is 0.486. The topological polar surface area (TPSA) is 162 Å². The number of carbonyl (C=O) groups excluding carboxylic acids is 3. The Bertz CT molecular complexity index is 1870. The summed E-state index contributed by atoms with van der Waals surface area (Å²) < 4.78 is 20.3. The number of imidazole rings is 2. The zero-order valence-electron chi connectivity index (χ0n) is 29.9. The molecular formula is C37H46FN9O4. The van der Waals surface area contributed by atoms with E-state index in [4.69, 9.17) is 4.74 Å². The van der Waals surface area contributed by atoms with E-state index in [2.05, 4.69) is 35.2 Å². The number of nitrogens with zero attached hydrogens (tertiary/aromatic N) is 6.